The van der Waals surface area contributed by atoms with E-state index in [-0.39, 0.29) is 24.1 Å². The fraction of sp³-hybridized carbons (Fsp3) is 0.333. The molecular weight excluding hydrogens is 564 g/mol. The number of halogens is 1. The van der Waals surface area contributed by atoms with E-state index in [1.54, 1.807) is 61.9 Å². The zero-order chi connectivity index (χ0) is 28.1. The molecule has 2 aromatic rings. The average Bonchev–Trinajstić information content (AvgIpc) is 2.95. The van der Waals surface area contributed by atoms with Crippen molar-refractivity contribution in [1.29, 1.82) is 0 Å². The van der Waals surface area contributed by atoms with Crippen molar-refractivity contribution in [3.05, 3.63) is 76.0 Å². The zero-order valence-electron chi connectivity index (χ0n) is 21.7. The summed E-state index contributed by atoms with van der Waals surface area (Å²) in [6.45, 7) is 1.29. The van der Waals surface area contributed by atoms with Gasteiger partial charge in [0.1, 0.15) is 23.4 Å². The third-order valence-electron chi connectivity index (χ3n) is 6.00. The molecule has 0 aromatic heterocycles. The number of hydrogen-bond acceptors (Lipinski definition) is 10. The van der Waals surface area contributed by atoms with Crippen LogP contribution in [-0.2, 0) is 35.2 Å². The third-order valence-corrected chi connectivity index (χ3v) is 8.35. The number of rotatable bonds is 9. The van der Waals surface area contributed by atoms with Crippen LogP contribution in [0.3, 0.4) is 0 Å². The molecule has 1 unspecified atom stereocenters. The maximum atomic E-state index is 13.5. The van der Waals surface area contributed by atoms with Crippen LogP contribution in [0.25, 0.3) is 0 Å². The summed E-state index contributed by atoms with van der Waals surface area (Å²) in [6.07, 6.45) is 1.76. The largest absolute Gasteiger partial charge is 0.497 e. The molecule has 2 aliphatic heterocycles. The fourth-order valence-electron chi connectivity index (χ4n) is 4.09. The van der Waals surface area contributed by atoms with E-state index >= 15 is 0 Å². The van der Waals surface area contributed by atoms with Crippen molar-refractivity contribution in [2.24, 2.45) is 4.99 Å². The summed E-state index contributed by atoms with van der Waals surface area (Å²) in [5.41, 5.74) is 1.24. The van der Waals surface area contributed by atoms with E-state index in [1.807, 2.05) is 0 Å². The van der Waals surface area contributed by atoms with Crippen molar-refractivity contribution in [1.82, 2.24) is 4.90 Å². The van der Waals surface area contributed by atoms with Gasteiger partial charge in [0.15, 0.2) is 11.5 Å². The fourth-order valence-corrected chi connectivity index (χ4v) is 6.39. The number of carbonyl (C=O) groups is 3. The predicted octanol–water partition coefficient (Wildman–Crippen LogP) is 4.28. The van der Waals surface area contributed by atoms with E-state index in [0.717, 1.165) is 5.56 Å². The van der Waals surface area contributed by atoms with Crippen LogP contribution in [0.4, 0.5) is 0 Å². The Bertz CT molecular complexity index is 1300. The highest BCUT2D eigenvalue weighted by atomic mass is 35.5. The molecular formula is C27H27ClN2O7S2. The predicted molar refractivity (Wildman–Crippen MR) is 151 cm³/mol. The van der Waals surface area contributed by atoms with E-state index in [9.17, 15) is 14.4 Å². The van der Waals surface area contributed by atoms with Crippen molar-refractivity contribution in [2.45, 2.75) is 30.4 Å². The number of methoxy groups -OCH3 is 2. The van der Waals surface area contributed by atoms with E-state index in [0.29, 0.717) is 27.7 Å². The molecule has 206 valence electrons. The lowest BCUT2D eigenvalue weighted by Gasteiger charge is -2.48. The highest BCUT2D eigenvalue weighted by Crippen LogP contribution is 2.44. The highest BCUT2D eigenvalue weighted by molar-refractivity contribution is 8.01. The molecule has 0 N–H and O–H groups in total. The van der Waals surface area contributed by atoms with Crippen LogP contribution >= 0.6 is 35.1 Å². The van der Waals surface area contributed by atoms with Crippen LogP contribution in [0.1, 0.15) is 18.1 Å². The van der Waals surface area contributed by atoms with Gasteiger partial charge >= 0.3 is 11.9 Å². The molecule has 0 spiro atoms. The van der Waals surface area contributed by atoms with Crippen LogP contribution < -0.4 is 4.74 Å². The third kappa shape index (κ3) is 6.37. The highest BCUT2D eigenvalue weighted by Gasteiger charge is 2.55. The number of nitrogens with zero attached hydrogens (tertiary/aromatic N) is 2. The molecule has 2 aliphatic rings. The molecule has 1 amide bonds. The van der Waals surface area contributed by atoms with Crippen molar-refractivity contribution >= 4 is 58.9 Å². The Hall–Kier alpha value is -3.15. The van der Waals surface area contributed by atoms with Gasteiger partial charge in [-0.05, 0) is 48.2 Å². The smallest absolute Gasteiger partial charge is 0.355 e. The number of aliphatic imine (C=N–C) groups is 1. The Morgan fingerprint density at radius 1 is 1.15 bits per heavy atom. The van der Waals surface area contributed by atoms with Crippen molar-refractivity contribution < 1.29 is 33.3 Å². The monoisotopic (exact) mass is 590 g/mol. The van der Waals surface area contributed by atoms with Gasteiger partial charge in [0, 0.05) is 28.8 Å². The number of fused-ring (bicyclic) bond motifs is 1. The summed E-state index contributed by atoms with van der Waals surface area (Å²) >= 11 is 8.68. The van der Waals surface area contributed by atoms with Crippen LogP contribution in [0.5, 0.6) is 5.75 Å². The maximum absolute atomic E-state index is 13.5. The Labute approximate surface area is 239 Å². The van der Waals surface area contributed by atoms with Gasteiger partial charge in [-0.1, -0.05) is 23.7 Å². The first kappa shape index (κ1) is 28.8. The van der Waals surface area contributed by atoms with Crippen LogP contribution in [0, 0.1) is 0 Å². The molecule has 39 heavy (non-hydrogen) atoms. The quantitative estimate of drug-likeness (QED) is 0.139. The van der Waals surface area contributed by atoms with E-state index in [2.05, 4.69) is 4.99 Å². The Balaban J connectivity index is 1.62. The van der Waals surface area contributed by atoms with Crippen molar-refractivity contribution in [3.8, 4) is 5.75 Å². The number of β-lactam (4-membered cyclic amide) rings is 1. The lowest BCUT2D eigenvalue weighted by Crippen LogP contribution is -2.64. The second-order valence-electron chi connectivity index (χ2n) is 8.48. The van der Waals surface area contributed by atoms with Gasteiger partial charge in [-0.3, -0.25) is 14.5 Å². The van der Waals surface area contributed by atoms with Crippen LogP contribution in [0.2, 0.25) is 5.02 Å². The maximum Gasteiger partial charge on any atom is 0.355 e. The van der Waals surface area contributed by atoms with Gasteiger partial charge in [0.2, 0.25) is 5.90 Å². The van der Waals surface area contributed by atoms with Gasteiger partial charge < -0.3 is 18.9 Å². The van der Waals surface area contributed by atoms with Gasteiger partial charge in [0.25, 0.3) is 5.91 Å². The Morgan fingerprint density at radius 3 is 2.44 bits per heavy atom. The van der Waals surface area contributed by atoms with Crippen molar-refractivity contribution in [3.63, 3.8) is 0 Å². The Morgan fingerprint density at radius 2 is 1.85 bits per heavy atom. The number of esters is 2. The lowest BCUT2D eigenvalue weighted by molar-refractivity contribution is -0.151. The number of hydrogen-bond donors (Lipinski definition) is 0. The summed E-state index contributed by atoms with van der Waals surface area (Å²) in [7, 11) is 3.04. The van der Waals surface area contributed by atoms with Gasteiger partial charge in [-0.25, -0.2) is 9.79 Å². The summed E-state index contributed by atoms with van der Waals surface area (Å²) in [5.74, 6) is -0.256. The molecule has 4 rings (SSSR count). The molecule has 12 heteroatoms. The minimum atomic E-state index is -0.770. The summed E-state index contributed by atoms with van der Waals surface area (Å²) < 4.78 is 21.7. The molecule has 0 radical (unpaired) electrons. The standard InChI is InChI=1S/C27H27ClN2O7S2/c1-15(31)37-27(38-4)20-14-39-25-21(29-23(35-3)17-7-9-18(28)10-8-17)24(32)30(25)22(20)26(33)36-13-16-5-11-19(34-2)12-6-16/h5-12,21,25,27H,13-14H2,1-4H3/t21-,25+,27?/m0/s1. The molecule has 2 aromatic carbocycles. The molecule has 0 bridgehead atoms. The van der Waals surface area contributed by atoms with Crippen LogP contribution in [0.15, 0.2) is 64.8 Å². The zero-order valence-corrected chi connectivity index (χ0v) is 24.1. The first-order valence-corrected chi connectivity index (χ1v) is 14.5. The average molecular weight is 591 g/mol. The van der Waals surface area contributed by atoms with Crippen LogP contribution in [-0.4, -0.2) is 71.7 Å². The second-order valence-corrected chi connectivity index (χ2v) is 10.9. The SMILES string of the molecule is COC(=N[C@H]1C(=O)N2C(C(=O)OCc3ccc(OC)cc3)=C(C(OC(C)=O)SC)CS[C@H]12)c1ccc(Cl)cc1. The first-order valence-electron chi connectivity index (χ1n) is 11.8. The molecule has 3 atom stereocenters. The summed E-state index contributed by atoms with van der Waals surface area (Å²) in [4.78, 5) is 44.6. The van der Waals surface area contributed by atoms with Crippen molar-refractivity contribution in [2.75, 3.05) is 26.2 Å². The Kier molecular flexibility index (Phi) is 9.47. The number of thioether (sulfide) groups is 2. The number of carbonyl (C=O) groups excluding carboxylic acids is 3. The number of amides is 1. The van der Waals surface area contributed by atoms with E-state index in [4.69, 9.17) is 30.5 Å². The molecule has 0 saturated carbocycles. The summed E-state index contributed by atoms with van der Waals surface area (Å²) in [5, 5.41) is 0.108. The lowest BCUT2D eigenvalue weighted by atomic mass is 10.0. The molecule has 2 heterocycles. The first-order chi connectivity index (χ1) is 18.8. The van der Waals surface area contributed by atoms with E-state index < -0.39 is 28.8 Å². The minimum absolute atomic E-state index is 0.0110. The molecule has 9 nitrogen and oxygen atoms in total. The summed E-state index contributed by atoms with van der Waals surface area (Å²) in [6, 6.07) is 13.2. The normalized spacial score (nSPS) is 19.6. The van der Waals surface area contributed by atoms with E-state index in [1.165, 1.54) is 42.5 Å². The molecule has 1 fully saturated rings. The number of benzene rings is 2. The van der Waals surface area contributed by atoms with Gasteiger partial charge in [0.05, 0.1) is 14.2 Å². The molecule has 1 saturated heterocycles. The van der Waals surface area contributed by atoms with Gasteiger partial charge in [-0.15, -0.1) is 23.5 Å². The second kappa shape index (κ2) is 12.8. The molecule has 0 aliphatic carbocycles. The topological polar surface area (TPSA) is 104 Å². The number of ether oxygens (including phenoxy) is 4. The minimum Gasteiger partial charge on any atom is -0.497 e. The van der Waals surface area contributed by atoms with Gasteiger partial charge in [-0.2, -0.15) is 0 Å².